The van der Waals surface area contributed by atoms with E-state index in [2.05, 4.69) is 9.97 Å². The zero-order valence-corrected chi connectivity index (χ0v) is 11.6. The third-order valence-corrected chi connectivity index (χ3v) is 3.48. The molecule has 0 radical (unpaired) electrons. The maximum atomic E-state index is 10.2. The van der Waals surface area contributed by atoms with Gasteiger partial charge in [-0.25, -0.2) is 9.97 Å². The van der Waals surface area contributed by atoms with Gasteiger partial charge in [-0.15, -0.1) is 0 Å². The molecule has 0 saturated carbocycles. The molecule has 0 bridgehead atoms. The number of aliphatic hydroxyl groups is 1. The Hall–Kier alpha value is -1.08. The van der Waals surface area contributed by atoms with Crippen LogP contribution in [0.2, 0.25) is 0 Å². The second kappa shape index (κ2) is 6.38. The monoisotopic (exact) mass is 267 g/mol. The lowest BCUT2D eigenvalue weighted by atomic mass is 10.0. The van der Waals surface area contributed by atoms with Crippen molar-refractivity contribution in [3.05, 3.63) is 23.8 Å². The van der Waals surface area contributed by atoms with Gasteiger partial charge < -0.3 is 14.6 Å². The molecule has 19 heavy (non-hydrogen) atoms. The highest BCUT2D eigenvalue weighted by Crippen LogP contribution is 2.17. The van der Waals surface area contributed by atoms with Crippen molar-refractivity contribution in [2.45, 2.75) is 31.7 Å². The van der Waals surface area contributed by atoms with Crippen LogP contribution >= 0.6 is 0 Å². The summed E-state index contributed by atoms with van der Waals surface area (Å²) < 4.78 is 10.7. The van der Waals surface area contributed by atoms with E-state index in [4.69, 9.17) is 9.47 Å². The van der Waals surface area contributed by atoms with E-state index in [1.165, 1.54) is 0 Å². The third-order valence-electron chi connectivity index (χ3n) is 3.48. The molecule has 1 aliphatic rings. The van der Waals surface area contributed by atoms with Gasteiger partial charge in [0, 0.05) is 31.6 Å². The number of aryl methyl sites for hydroxylation is 1. The molecular weight excluding hydrogens is 246 g/mol. The van der Waals surface area contributed by atoms with E-state index in [0.717, 1.165) is 11.4 Å². The molecule has 6 heteroatoms. The Bertz CT molecular complexity index is 399. The molecule has 106 valence electrons. The number of hydrogen-bond donors (Lipinski definition) is 1. The Kier molecular flexibility index (Phi) is 4.81. The molecule has 0 aromatic carbocycles. The van der Waals surface area contributed by atoms with E-state index >= 15 is 0 Å². The van der Waals surface area contributed by atoms with Crippen LogP contribution < -0.4 is 0 Å². The minimum atomic E-state index is -0.546. The SMILES string of the molecule is CO[C@@H]1COC[C@@H](N(C)Cc2cnc(C)nc2)[C@@H]1O. The molecule has 1 aromatic heterocycles. The average molecular weight is 267 g/mol. The van der Waals surface area contributed by atoms with E-state index < -0.39 is 6.10 Å². The lowest BCUT2D eigenvalue weighted by Gasteiger charge is -2.38. The minimum absolute atomic E-state index is 0.0833. The molecule has 6 nitrogen and oxygen atoms in total. The van der Waals surface area contributed by atoms with Crippen LogP contribution in [0.4, 0.5) is 0 Å². The number of hydrogen-bond acceptors (Lipinski definition) is 6. The summed E-state index contributed by atoms with van der Waals surface area (Å²) >= 11 is 0. The van der Waals surface area contributed by atoms with Crippen LogP contribution in [0.15, 0.2) is 12.4 Å². The molecular formula is C13H21N3O3. The van der Waals surface area contributed by atoms with Gasteiger partial charge in [0.1, 0.15) is 18.0 Å². The van der Waals surface area contributed by atoms with E-state index in [-0.39, 0.29) is 12.1 Å². The Morgan fingerprint density at radius 2 is 2.11 bits per heavy atom. The van der Waals surface area contributed by atoms with Gasteiger partial charge in [-0.1, -0.05) is 0 Å². The number of rotatable bonds is 4. The van der Waals surface area contributed by atoms with Crippen molar-refractivity contribution in [1.82, 2.24) is 14.9 Å². The smallest absolute Gasteiger partial charge is 0.125 e. The molecule has 2 heterocycles. The second-order valence-corrected chi connectivity index (χ2v) is 4.92. The predicted octanol–water partition coefficient (Wildman–Crippen LogP) is -0.00848. The summed E-state index contributed by atoms with van der Waals surface area (Å²) in [7, 11) is 3.54. The summed E-state index contributed by atoms with van der Waals surface area (Å²) in [6.45, 7) is 3.47. The van der Waals surface area contributed by atoms with Crippen molar-refractivity contribution in [3.63, 3.8) is 0 Å². The Morgan fingerprint density at radius 3 is 2.74 bits per heavy atom. The van der Waals surface area contributed by atoms with Crippen molar-refractivity contribution in [2.24, 2.45) is 0 Å². The highest BCUT2D eigenvalue weighted by atomic mass is 16.5. The number of nitrogens with zero attached hydrogens (tertiary/aromatic N) is 3. The van der Waals surface area contributed by atoms with Crippen LogP contribution in [-0.4, -0.2) is 65.6 Å². The van der Waals surface area contributed by atoms with E-state index in [9.17, 15) is 5.11 Å². The summed E-state index contributed by atoms with van der Waals surface area (Å²) in [5, 5.41) is 10.2. The molecule has 0 unspecified atom stereocenters. The lowest BCUT2D eigenvalue weighted by Crippen LogP contribution is -2.55. The van der Waals surface area contributed by atoms with Gasteiger partial charge >= 0.3 is 0 Å². The largest absolute Gasteiger partial charge is 0.389 e. The molecule has 2 rings (SSSR count). The minimum Gasteiger partial charge on any atom is -0.389 e. The van der Waals surface area contributed by atoms with Crippen molar-refractivity contribution in [3.8, 4) is 0 Å². The molecule has 0 amide bonds. The fraction of sp³-hybridized carbons (Fsp3) is 0.692. The van der Waals surface area contributed by atoms with Crippen molar-refractivity contribution >= 4 is 0 Å². The molecule has 3 atom stereocenters. The zero-order chi connectivity index (χ0) is 13.8. The molecule has 1 fully saturated rings. The van der Waals surface area contributed by atoms with Crippen LogP contribution in [0.5, 0.6) is 0 Å². The molecule has 1 aromatic rings. The van der Waals surface area contributed by atoms with Gasteiger partial charge in [-0.3, -0.25) is 4.90 Å². The average Bonchev–Trinajstić information content (AvgIpc) is 2.41. The van der Waals surface area contributed by atoms with Crippen LogP contribution in [0.3, 0.4) is 0 Å². The van der Waals surface area contributed by atoms with Gasteiger partial charge in [0.05, 0.1) is 19.3 Å². The Balaban J connectivity index is 1.98. The lowest BCUT2D eigenvalue weighted by molar-refractivity contribution is -0.142. The maximum absolute atomic E-state index is 10.2. The first kappa shape index (κ1) is 14.3. The molecule has 1 aliphatic heterocycles. The Morgan fingerprint density at radius 1 is 1.42 bits per heavy atom. The highest BCUT2D eigenvalue weighted by molar-refractivity contribution is 5.05. The zero-order valence-electron chi connectivity index (χ0n) is 11.6. The molecule has 1 N–H and O–H groups in total. The topological polar surface area (TPSA) is 67.7 Å². The van der Waals surface area contributed by atoms with Crippen molar-refractivity contribution in [1.29, 1.82) is 0 Å². The third kappa shape index (κ3) is 3.48. The number of ether oxygens (including phenoxy) is 2. The summed E-state index contributed by atoms with van der Waals surface area (Å²) in [5.41, 5.74) is 1.01. The second-order valence-electron chi connectivity index (χ2n) is 4.92. The molecule has 0 spiro atoms. The van der Waals surface area contributed by atoms with Gasteiger partial charge in [-0.05, 0) is 14.0 Å². The normalized spacial score (nSPS) is 27.7. The molecule has 1 saturated heterocycles. The highest BCUT2D eigenvalue weighted by Gasteiger charge is 2.35. The fourth-order valence-corrected chi connectivity index (χ4v) is 2.25. The first-order valence-electron chi connectivity index (χ1n) is 6.38. The maximum Gasteiger partial charge on any atom is 0.125 e. The standard InChI is InChI=1S/C13H21N3O3/c1-9-14-4-10(5-15-9)6-16(2)11-7-19-8-12(18-3)13(11)17/h4-5,11-13,17H,6-8H2,1-3H3/t11-,12-,13+/m1/s1. The van der Waals surface area contributed by atoms with Gasteiger partial charge in [0.2, 0.25) is 0 Å². The van der Waals surface area contributed by atoms with E-state index in [1.807, 2.05) is 31.3 Å². The fourth-order valence-electron chi connectivity index (χ4n) is 2.25. The first-order valence-corrected chi connectivity index (χ1v) is 6.38. The predicted molar refractivity (Wildman–Crippen MR) is 69.6 cm³/mol. The van der Waals surface area contributed by atoms with Crippen molar-refractivity contribution in [2.75, 3.05) is 27.4 Å². The van der Waals surface area contributed by atoms with E-state index in [0.29, 0.717) is 19.8 Å². The number of aliphatic hydroxyl groups excluding tert-OH is 1. The quantitative estimate of drug-likeness (QED) is 0.827. The van der Waals surface area contributed by atoms with Crippen LogP contribution in [0.25, 0.3) is 0 Å². The van der Waals surface area contributed by atoms with Gasteiger partial charge in [0.25, 0.3) is 0 Å². The summed E-state index contributed by atoms with van der Waals surface area (Å²) in [6.07, 6.45) is 2.80. The van der Waals surface area contributed by atoms with Crippen LogP contribution in [0, 0.1) is 6.92 Å². The van der Waals surface area contributed by atoms with Gasteiger partial charge in [0.15, 0.2) is 0 Å². The number of likely N-dealkylation sites (N-methyl/N-ethyl adjacent to an activating group) is 1. The number of aromatic nitrogens is 2. The summed E-state index contributed by atoms with van der Waals surface area (Å²) in [6, 6.07) is -0.0833. The molecule has 0 aliphatic carbocycles. The van der Waals surface area contributed by atoms with E-state index in [1.54, 1.807) is 7.11 Å². The summed E-state index contributed by atoms with van der Waals surface area (Å²) in [5.74, 6) is 0.756. The first-order chi connectivity index (χ1) is 9.11. The summed E-state index contributed by atoms with van der Waals surface area (Å²) in [4.78, 5) is 10.4. The Labute approximate surface area is 113 Å². The van der Waals surface area contributed by atoms with Gasteiger partial charge in [-0.2, -0.15) is 0 Å². The van der Waals surface area contributed by atoms with Crippen molar-refractivity contribution < 1.29 is 14.6 Å². The van der Waals surface area contributed by atoms with Crippen LogP contribution in [0.1, 0.15) is 11.4 Å². The number of methoxy groups -OCH3 is 1. The van der Waals surface area contributed by atoms with Crippen LogP contribution in [-0.2, 0) is 16.0 Å².